The van der Waals surface area contributed by atoms with Crippen LogP contribution in [0.1, 0.15) is 50.2 Å². The maximum absolute atomic E-state index is 5.47. The van der Waals surface area contributed by atoms with Gasteiger partial charge in [0.1, 0.15) is 5.75 Å². The molecule has 1 unspecified atom stereocenters. The van der Waals surface area contributed by atoms with Gasteiger partial charge in [0.05, 0.1) is 12.8 Å². The number of benzene rings is 1. The highest BCUT2D eigenvalue weighted by Gasteiger charge is 2.31. The molecule has 1 aliphatic carbocycles. The Bertz CT molecular complexity index is 730. The molecule has 1 aliphatic heterocycles. The summed E-state index contributed by atoms with van der Waals surface area (Å²) in [6.45, 7) is 8.24. The predicted molar refractivity (Wildman–Crippen MR) is 103 cm³/mol. The van der Waals surface area contributed by atoms with Gasteiger partial charge in [-0.2, -0.15) is 0 Å². The summed E-state index contributed by atoms with van der Waals surface area (Å²) in [6.07, 6.45) is 9.97. The third kappa shape index (κ3) is 3.10. The second kappa shape index (κ2) is 7.21. The molecule has 126 valence electrons. The molecule has 1 fully saturated rings. The van der Waals surface area contributed by atoms with Gasteiger partial charge in [-0.1, -0.05) is 30.7 Å². The van der Waals surface area contributed by atoms with E-state index in [1.165, 1.54) is 30.5 Å². The van der Waals surface area contributed by atoms with Gasteiger partial charge in [-0.3, -0.25) is 4.99 Å². The molecule has 0 spiro atoms. The van der Waals surface area contributed by atoms with Gasteiger partial charge in [-0.05, 0) is 61.4 Å². The van der Waals surface area contributed by atoms with Gasteiger partial charge in [0.15, 0.2) is 0 Å². The van der Waals surface area contributed by atoms with Crippen molar-refractivity contribution in [3.8, 4) is 5.75 Å². The molecule has 2 heteroatoms. The minimum Gasteiger partial charge on any atom is -0.496 e. The second-order valence-corrected chi connectivity index (χ2v) is 6.69. The number of nitrogens with zero attached hydrogens (tertiary/aromatic N) is 1. The quantitative estimate of drug-likeness (QED) is 0.620. The molecule has 0 amide bonds. The number of ether oxygens (including phenoxy) is 1. The van der Waals surface area contributed by atoms with Crippen LogP contribution in [0.25, 0.3) is 6.08 Å². The predicted octanol–water partition coefficient (Wildman–Crippen LogP) is 5.88. The first-order chi connectivity index (χ1) is 11.7. The van der Waals surface area contributed by atoms with Crippen LogP contribution < -0.4 is 4.74 Å². The summed E-state index contributed by atoms with van der Waals surface area (Å²) >= 11 is 0. The maximum Gasteiger partial charge on any atom is 0.122 e. The Kier molecular flexibility index (Phi) is 5.03. The Morgan fingerprint density at radius 2 is 2.12 bits per heavy atom. The van der Waals surface area contributed by atoms with E-state index >= 15 is 0 Å². The van der Waals surface area contributed by atoms with E-state index < -0.39 is 0 Å². The van der Waals surface area contributed by atoms with Crippen LogP contribution >= 0.6 is 0 Å². The highest BCUT2D eigenvalue weighted by Crippen LogP contribution is 2.43. The van der Waals surface area contributed by atoms with Gasteiger partial charge in [-0.15, -0.1) is 6.58 Å². The Labute approximate surface area is 145 Å². The van der Waals surface area contributed by atoms with E-state index in [1.807, 2.05) is 6.08 Å². The third-order valence-corrected chi connectivity index (χ3v) is 5.13. The third-order valence-electron chi connectivity index (χ3n) is 5.13. The molecule has 1 atom stereocenters. The molecule has 1 aromatic rings. The number of allylic oxidation sites excluding steroid dienone is 3. The first-order valence-electron chi connectivity index (χ1n) is 8.94. The van der Waals surface area contributed by atoms with Crippen molar-refractivity contribution in [2.45, 2.75) is 46.0 Å². The summed E-state index contributed by atoms with van der Waals surface area (Å²) in [6, 6.07) is 6.37. The lowest BCUT2D eigenvalue weighted by atomic mass is 9.80. The summed E-state index contributed by atoms with van der Waals surface area (Å²) < 4.78 is 5.47. The molecule has 0 radical (unpaired) electrons. The monoisotopic (exact) mass is 321 g/mol. The molecular weight excluding hydrogens is 294 g/mol. The Hall–Kier alpha value is -2.09. The van der Waals surface area contributed by atoms with Crippen LogP contribution in [0.3, 0.4) is 0 Å². The normalized spacial score (nSPS) is 21.7. The summed E-state index contributed by atoms with van der Waals surface area (Å²) in [5, 5.41) is 0. The minimum atomic E-state index is 0.469. The lowest BCUT2D eigenvalue weighted by molar-refractivity contribution is 0.411. The van der Waals surface area contributed by atoms with Crippen molar-refractivity contribution in [3.63, 3.8) is 0 Å². The van der Waals surface area contributed by atoms with Gasteiger partial charge in [-0.25, -0.2) is 0 Å². The second-order valence-electron chi connectivity index (χ2n) is 6.69. The maximum atomic E-state index is 5.47. The Morgan fingerprint density at radius 3 is 2.71 bits per heavy atom. The molecule has 1 saturated carbocycles. The van der Waals surface area contributed by atoms with Crippen LogP contribution in [-0.2, 0) is 0 Å². The van der Waals surface area contributed by atoms with Gasteiger partial charge in [0.25, 0.3) is 0 Å². The van der Waals surface area contributed by atoms with E-state index in [1.54, 1.807) is 12.7 Å². The number of hydrogen-bond acceptors (Lipinski definition) is 2. The molecule has 0 N–H and O–H groups in total. The molecule has 3 rings (SSSR count). The summed E-state index contributed by atoms with van der Waals surface area (Å²) in [7, 11) is 1.73. The molecule has 24 heavy (non-hydrogen) atoms. The number of aliphatic imine (C=N–C) groups is 1. The fraction of sp³-hybridized carbons (Fsp3) is 0.409. The van der Waals surface area contributed by atoms with E-state index in [0.717, 1.165) is 35.4 Å². The average Bonchev–Trinajstić information content (AvgIpc) is 2.85. The molecule has 1 aromatic carbocycles. The van der Waals surface area contributed by atoms with E-state index in [-0.39, 0.29) is 0 Å². The first kappa shape index (κ1) is 16.8. The van der Waals surface area contributed by atoms with Crippen molar-refractivity contribution in [1.29, 1.82) is 0 Å². The van der Waals surface area contributed by atoms with E-state index in [9.17, 15) is 0 Å². The van der Waals surface area contributed by atoms with Gasteiger partial charge < -0.3 is 4.74 Å². The highest BCUT2D eigenvalue weighted by molar-refractivity contribution is 5.97. The van der Waals surface area contributed by atoms with Crippen molar-refractivity contribution < 1.29 is 4.74 Å². The standard InChI is InChI=1S/C22H27NO/c1-5-8-19-18(6-2)22(17-9-7-10-17)20(23-19)13-16-12-11-15(3)21(14-16)24-4/h5,11-14,18H,1,6-10H2,2-4H3/b20-13+. The Morgan fingerprint density at radius 1 is 1.33 bits per heavy atom. The van der Waals surface area contributed by atoms with Gasteiger partial charge in [0.2, 0.25) is 0 Å². The molecule has 0 aromatic heterocycles. The van der Waals surface area contributed by atoms with Crippen LogP contribution in [0.4, 0.5) is 0 Å². The van der Waals surface area contributed by atoms with E-state index in [0.29, 0.717) is 5.92 Å². The van der Waals surface area contributed by atoms with E-state index in [4.69, 9.17) is 9.73 Å². The smallest absolute Gasteiger partial charge is 0.122 e. The van der Waals surface area contributed by atoms with Crippen molar-refractivity contribution >= 4 is 11.8 Å². The zero-order chi connectivity index (χ0) is 17.1. The Balaban J connectivity index is 2.04. The first-order valence-corrected chi connectivity index (χ1v) is 8.94. The summed E-state index contributed by atoms with van der Waals surface area (Å²) in [5.74, 6) is 1.40. The van der Waals surface area contributed by atoms with Crippen molar-refractivity contribution in [1.82, 2.24) is 0 Å². The lowest BCUT2D eigenvalue weighted by Gasteiger charge is -2.24. The fourth-order valence-electron chi connectivity index (χ4n) is 3.66. The molecular formula is C22H27NO. The average molecular weight is 321 g/mol. The fourth-order valence-corrected chi connectivity index (χ4v) is 3.66. The lowest BCUT2D eigenvalue weighted by Crippen LogP contribution is -2.14. The van der Waals surface area contributed by atoms with Crippen molar-refractivity contribution in [2.75, 3.05) is 7.11 Å². The van der Waals surface area contributed by atoms with E-state index in [2.05, 4.69) is 44.7 Å². The molecule has 0 bridgehead atoms. The molecule has 1 heterocycles. The zero-order valence-electron chi connectivity index (χ0n) is 15.1. The highest BCUT2D eigenvalue weighted by atomic mass is 16.5. The summed E-state index contributed by atoms with van der Waals surface area (Å²) in [5.41, 5.74) is 7.83. The number of aryl methyl sites for hydroxylation is 1. The molecule has 0 saturated heterocycles. The topological polar surface area (TPSA) is 21.6 Å². The summed E-state index contributed by atoms with van der Waals surface area (Å²) in [4.78, 5) is 5.00. The largest absolute Gasteiger partial charge is 0.496 e. The van der Waals surface area contributed by atoms with Crippen LogP contribution in [0.2, 0.25) is 0 Å². The number of methoxy groups -OCH3 is 1. The van der Waals surface area contributed by atoms with Crippen molar-refractivity contribution in [2.24, 2.45) is 10.9 Å². The minimum absolute atomic E-state index is 0.469. The molecule has 2 nitrogen and oxygen atoms in total. The SMILES string of the molecule is C=CCC1=N/C(=C/c2ccc(C)c(OC)c2)C(=C2CCC2)C1CC. The van der Waals surface area contributed by atoms with Crippen LogP contribution in [0.5, 0.6) is 5.75 Å². The number of rotatable bonds is 5. The number of hydrogen-bond donors (Lipinski definition) is 0. The van der Waals surface area contributed by atoms with Crippen LogP contribution in [-0.4, -0.2) is 12.8 Å². The van der Waals surface area contributed by atoms with Gasteiger partial charge >= 0.3 is 0 Å². The molecule has 2 aliphatic rings. The zero-order valence-corrected chi connectivity index (χ0v) is 15.1. The van der Waals surface area contributed by atoms with Crippen LogP contribution in [0.15, 0.2) is 52.7 Å². The van der Waals surface area contributed by atoms with Gasteiger partial charge in [0, 0.05) is 18.1 Å². The van der Waals surface area contributed by atoms with Crippen LogP contribution in [0, 0.1) is 12.8 Å². The van der Waals surface area contributed by atoms with Crippen molar-refractivity contribution in [3.05, 3.63) is 58.8 Å².